The van der Waals surface area contributed by atoms with Crippen LogP contribution in [-0.4, -0.2) is 45.0 Å². The van der Waals surface area contributed by atoms with Gasteiger partial charge in [-0.3, -0.25) is 14.5 Å². The number of nitrogens with zero attached hydrogens (tertiary/aromatic N) is 1. The Hall–Kier alpha value is -2.13. The van der Waals surface area contributed by atoms with E-state index in [1.165, 1.54) is 24.2 Å². The fourth-order valence-corrected chi connectivity index (χ4v) is 3.37. The molecule has 0 radical (unpaired) electrons. The van der Waals surface area contributed by atoms with Gasteiger partial charge in [-0.25, -0.2) is 4.39 Å². The molecule has 128 valence electrons. The van der Waals surface area contributed by atoms with E-state index in [9.17, 15) is 19.1 Å². The highest BCUT2D eigenvalue weighted by Gasteiger charge is 2.31. The number of carbonyl (C=O) groups is 2. The summed E-state index contributed by atoms with van der Waals surface area (Å²) >= 11 is 6.18. The summed E-state index contributed by atoms with van der Waals surface area (Å²) < 4.78 is 18.8. The molecule has 2 N–H and O–H groups in total. The number of thiocarbonyl (C=S) groups is 1. The predicted molar refractivity (Wildman–Crippen MR) is 91.4 cm³/mol. The molecule has 24 heavy (non-hydrogen) atoms. The van der Waals surface area contributed by atoms with Crippen molar-refractivity contribution in [1.82, 2.24) is 4.90 Å². The van der Waals surface area contributed by atoms with Gasteiger partial charge >= 0.3 is 5.97 Å². The number of methoxy groups -OCH3 is 1. The average Bonchev–Trinajstić information content (AvgIpc) is 2.77. The summed E-state index contributed by atoms with van der Waals surface area (Å²) in [5, 5.41) is 18.1. The molecule has 1 saturated heterocycles. The highest BCUT2D eigenvalue weighted by molar-refractivity contribution is 8.26. The Balaban J connectivity index is 2.19. The summed E-state index contributed by atoms with van der Waals surface area (Å²) in [7, 11) is 1.29. The Kier molecular flexibility index (Phi) is 5.79. The number of phenolic OH excluding ortho intramolecular Hbond substituents is 1. The monoisotopic (exact) mass is 371 g/mol. The highest BCUT2D eigenvalue weighted by atomic mass is 32.2. The van der Waals surface area contributed by atoms with E-state index in [-0.39, 0.29) is 31.0 Å². The van der Waals surface area contributed by atoms with Crippen LogP contribution in [-0.2, 0) is 9.59 Å². The third-order valence-corrected chi connectivity index (χ3v) is 4.59. The van der Waals surface area contributed by atoms with E-state index in [4.69, 9.17) is 22.1 Å². The van der Waals surface area contributed by atoms with Crippen LogP contribution in [0.2, 0.25) is 0 Å². The van der Waals surface area contributed by atoms with E-state index in [0.717, 1.165) is 17.8 Å². The van der Waals surface area contributed by atoms with Crippen LogP contribution in [0.5, 0.6) is 11.5 Å². The van der Waals surface area contributed by atoms with Crippen molar-refractivity contribution in [1.29, 1.82) is 0 Å². The molecule has 0 unspecified atom stereocenters. The van der Waals surface area contributed by atoms with E-state index in [1.54, 1.807) is 0 Å². The minimum absolute atomic E-state index is 0.0433. The maximum Gasteiger partial charge on any atom is 0.303 e. The van der Waals surface area contributed by atoms with E-state index in [2.05, 4.69) is 0 Å². The minimum atomic E-state index is -0.942. The summed E-state index contributed by atoms with van der Waals surface area (Å²) in [5.74, 6) is -2.81. The second-order valence-corrected chi connectivity index (χ2v) is 6.56. The number of benzene rings is 1. The van der Waals surface area contributed by atoms with Crippen LogP contribution in [0.3, 0.4) is 0 Å². The topological polar surface area (TPSA) is 87.1 Å². The van der Waals surface area contributed by atoms with Crippen LogP contribution >= 0.6 is 24.0 Å². The van der Waals surface area contributed by atoms with Gasteiger partial charge in [0.1, 0.15) is 4.32 Å². The van der Waals surface area contributed by atoms with Gasteiger partial charge in [0.2, 0.25) is 0 Å². The van der Waals surface area contributed by atoms with Crippen LogP contribution in [0.25, 0.3) is 6.08 Å². The molecular weight excluding hydrogens is 357 g/mol. The van der Waals surface area contributed by atoms with Gasteiger partial charge in [-0.05, 0) is 30.2 Å². The van der Waals surface area contributed by atoms with E-state index in [0.29, 0.717) is 14.8 Å². The van der Waals surface area contributed by atoms with E-state index < -0.39 is 17.5 Å². The molecule has 1 aliphatic rings. The van der Waals surface area contributed by atoms with Crippen LogP contribution in [0.4, 0.5) is 4.39 Å². The first kappa shape index (κ1) is 18.2. The van der Waals surface area contributed by atoms with Crippen LogP contribution in [0, 0.1) is 5.82 Å². The maximum atomic E-state index is 13.7. The van der Waals surface area contributed by atoms with Gasteiger partial charge in [-0.2, -0.15) is 0 Å². The Morgan fingerprint density at radius 1 is 1.50 bits per heavy atom. The number of hydrogen-bond acceptors (Lipinski definition) is 6. The van der Waals surface area contributed by atoms with Crippen molar-refractivity contribution in [2.75, 3.05) is 13.7 Å². The first-order valence-electron chi connectivity index (χ1n) is 6.87. The largest absolute Gasteiger partial charge is 0.502 e. The number of hydrogen-bond donors (Lipinski definition) is 2. The molecule has 0 saturated carbocycles. The van der Waals surface area contributed by atoms with Crippen LogP contribution in [0.15, 0.2) is 17.0 Å². The molecule has 1 heterocycles. The lowest BCUT2D eigenvalue weighted by Crippen LogP contribution is -2.29. The lowest BCUT2D eigenvalue weighted by molar-refractivity contribution is -0.137. The lowest BCUT2D eigenvalue weighted by Gasteiger charge is -2.13. The highest BCUT2D eigenvalue weighted by Crippen LogP contribution is 2.35. The minimum Gasteiger partial charge on any atom is -0.502 e. The number of aromatic hydroxyl groups is 1. The number of phenols is 1. The smallest absolute Gasteiger partial charge is 0.303 e. The number of carboxylic acid groups (broad SMARTS) is 1. The molecule has 1 amide bonds. The summed E-state index contributed by atoms with van der Waals surface area (Å²) in [6, 6.07) is 2.48. The predicted octanol–water partition coefficient (Wildman–Crippen LogP) is 2.61. The fourth-order valence-electron chi connectivity index (χ4n) is 2.07. The molecule has 2 rings (SSSR count). The zero-order chi connectivity index (χ0) is 17.9. The van der Waals surface area contributed by atoms with Crippen molar-refractivity contribution in [3.05, 3.63) is 28.4 Å². The standard InChI is InChI=1S/C15H14FNO5S2/c1-22-10-6-8(5-9(16)13(10)20)7-11-14(21)17(15(23)24-11)4-2-3-12(18)19/h5-7,20H,2-4H2,1H3,(H,18,19)/b11-7-. The number of carboxylic acids is 1. The molecule has 1 aliphatic heterocycles. The van der Waals surface area contributed by atoms with Gasteiger partial charge in [0.15, 0.2) is 17.3 Å². The zero-order valence-electron chi connectivity index (χ0n) is 12.6. The SMILES string of the molecule is COc1cc(/C=C2\SC(=S)N(CCCC(=O)O)C2=O)cc(F)c1O. The number of aliphatic carboxylic acids is 1. The van der Waals surface area contributed by atoms with Crippen molar-refractivity contribution in [2.24, 2.45) is 0 Å². The number of carbonyl (C=O) groups excluding carboxylic acids is 1. The molecule has 9 heteroatoms. The molecule has 1 aromatic carbocycles. The van der Waals surface area contributed by atoms with Crippen LogP contribution < -0.4 is 4.74 Å². The number of halogens is 1. The molecule has 1 aromatic rings. The first-order chi connectivity index (χ1) is 11.3. The first-order valence-corrected chi connectivity index (χ1v) is 8.09. The summed E-state index contributed by atoms with van der Waals surface area (Å²) in [5.41, 5.74) is 0.341. The third-order valence-electron chi connectivity index (χ3n) is 3.21. The Labute approximate surface area is 146 Å². The van der Waals surface area contributed by atoms with Crippen molar-refractivity contribution < 1.29 is 28.9 Å². The maximum absolute atomic E-state index is 13.7. The van der Waals surface area contributed by atoms with Gasteiger partial charge in [0.05, 0.1) is 12.0 Å². The van der Waals surface area contributed by atoms with Gasteiger partial charge in [0, 0.05) is 13.0 Å². The van der Waals surface area contributed by atoms with Crippen molar-refractivity contribution in [2.45, 2.75) is 12.8 Å². The van der Waals surface area contributed by atoms with E-state index in [1.807, 2.05) is 0 Å². The molecule has 6 nitrogen and oxygen atoms in total. The zero-order valence-corrected chi connectivity index (χ0v) is 14.2. The van der Waals surface area contributed by atoms with Crippen molar-refractivity contribution in [3.63, 3.8) is 0 Å². The lowest BCUT2D eigenvalue weighted by atomic mass is 10.1. The van der Waals surface area contributed by atoms with E-state index >= 15 is 0 Å². The number of amides is 1. The van der Waals surface area contributed by atoms with Gasteiger partial charge in [-0.1, -0.05) is 24.0 Å². The molecule has 1 fully saturated rings. The molecule has 0 atom stereocenters. The summed E-state index contributed by atoms with van der Waals surface area (Å²) in [4.78, 5) is 24.5. The molecular formula is C15H14FNO5S2. The average molecular weight is 371 g/mol. The van der Waals surface area contributed by atoms with Gasteiger partial charge in [0.25, 0.3) is 5.91 Å². The molecule has 0 aliphatic carbocycles. The quantitative estimate of drug-likeness (QED) is 0.587. The van der Waals surface area contributed by atoms with Gasteiger partial charge < -0.3 is 14.9 Å². The Bertz CT molecular complexity index is 735. The normalized spacial score (nSPS) is 16.1. The number of thioether (sulfide) groups is 1. The molecule has 0 bridgehead atoms. The number of rotatable bonds is 6. The Morgan fingerprint density at radius 2 is 2.21 bits per heavy atom. The second kappa shape index (κ2) is 7.63. The van der Waals surface area contributed by atoms with Gasteiger partial charge in [-0.15, -0.1) is 0 Å². The van der Waals surface area contributed by atoms with Crippen molar-refractivity contribution >= 4 is 46.3 Å². The second-order valence-electron chi connectivity index (χ2n) is 4.88. The molecule has 0 spiro atoms. The fraction of sp³-hybridized carbons (Fsp3) is 0.267. The van der Waals surface area contributed by atoms with Crippen LogP contribution in [0.1, 0.15) is 18.4 Å². The van der Waals surface area contributed by atoms with Crippen molar-refractivity contribution in [3.8, 4) is 11.5 Å². The number of ether oxygens (including phenoxy) is 1. The third kappa shape index (κ3) is 4.04. The molecule has 0 aromatic heterocycles. The summed E-state index contributed by atoms with van der Waals surface area (Å²) in [6.07, 6.45) is 1.68. The Morgan fingerprint density at radius 3 is 2.83 bits per heavy atom. The summed E-state index contributed by atoms with van der Waals surface area (Å²) in [6.45, 7) is 0.210.